The van der Waals surface area contributed by atoms with Gasteiger partial charge in [0, 0.05) is 25.6 Å². The number of piperidine rings is 1. The van der Waals surface area contributed by atoms with E-state index in [9.17, 15) is 4.79 Å². The molecule has 4 heteroatoms. The normalized spacial score (nSPS) is 32.4. The van der Waals surface area contributed by atoms with Crippen molar-refractivity contribution in [3.05, 3.63) is 0 Å². The van der Waals surface area contributed by atoms with E-state index in [4.69, 9.17) is 4.74 Å². The van der Waals surface area contributed by atoms with E-state index in [1.165, 1.54) is 12.8 Å². The molecule has 0 radical (unpaired) electrons. The lowest BCUT2D eigenvalue weighted by molar-refractivity contribution is -0.121. The van der Waals surface area contributed by atoms with E-state index in [1.54, 1.807) is 0 Å². The first-order chi connectivity index (χ1) is 8.74. The standard InChI is InChI=1S/C14H26N2O2/c1-11-4-5-12(9-15-11)10-16-14(17)7-6-13-3-2-8-18-13/h11-13,15H,2-10H2,1H3,(H,16,17). The van der Waals surface area contributed by atoms with E-state index in [0.29, 0.717) is 24.5 Å². The first-order valence-corrected chi connectivity index (χ1v) is 7.35. The van der Waals surface area contributed by atoms with Crippen molar-refractivity contribution in [3.8, 4) is 0 Å². The molecule has 2 N–H and O–H groups in total. The molecule has 0 spiro atoms. The van der Waals surface area contributed by atoms with Crippen LogP contribution in [0, 0.1) is 5.92 Å². The molecule has 0 aromatic carbocycles. The Morgan fingerprint density at radius 1 is 1.39 bits per heavy atom. The van der Waals surface area contributed by atoms with E-state index in [1.807, 2.05) is 0 Å². The van der Waals surface area contributed by atoms with Gasteiger partial charge in [-0.1, -0.05) is 0 Å². The van der Waals surface area contributed by atoms with Gasteiger partial charge in [-0.05, 0) is 51.5 Å². The zero-order chi connectivity index (χ0) is 12.8. The third kappa shape index (κ3) is 4.58. The maximum absolute atomic E-state index is 11.7. The van der Waals surface area contributed by atoms with Crippen LogP contribution in [-0.4, -0.2) is 37.7 Å². The summed E-state index contributed by atoms with van der Waals surface area (Å²) in [7, 11) is 0. The Kier molecular flexibility index (Phi) is 5.45. The zero-order valence-electron chi connectivity index (χ0n) is 11.4. The minimum Gasteiger partial charge on any atom is -0.378 e. The molecule has 2 heterocycles. The predicted molar refractivity (Wildman–Crippen MR) is 71.4 cm³/mol. The van der Waals surface area contributed by atoms with Crippen LogP contribution < -0.4 is 10.6 Å². The van der Waals surface area contributed by atoms with Gasteiger partial charge in [-0.15, -0.1) is 0 Å². The summed E-state index contributed by atoms with van der Waals surface area (Å²) in [5, 5.41) is 6.52. The molecule has 0 aromatic rings. The predicted octanol–water partition coefficient (Wildman–Crippen LogP) is 1.45. The molecule has 2 aliphatic heterocycles. The van der Waals surface area contributed by atoms with Gasteiger partial charge in [0.2, 0.25) is 5.91 Å². The Hall–Kier alpha value is -0.610. The van der Waals surface area contributed by atoms with Crippen molar-refractivity contribution < 1.29 is 9.53 Å². The van der Waals surface area contributed by atoms with Crippen LogP contribution in [0.15, 0.2) is 0 Å². The highest BCUT2D eigenvalue weighted by atomic mass is 16.5. The number of hydrogen-bond donors (Lipinski definition) is 2. The monoisotopic (exact) mass is 254 g/mol. The molecule has 18 heavy (non-hydrogen) atoms. The van der Waals surface area contributed by atoms with Gasteiger partial charge in [0.05, 0.1) is 6.10 Å². The molecule has 104 valence electrons. The topological polar surface area (TPSA) is 50.4 Å². The summed E-state index contributed by atoms with van der Waals surface area (Å²) in [6.45, 7) is 4.95. The van der Waals surface area contributed by atoms with Crippen molar-refractivity contribution >= 4 is 5.91 Å². The molecule has 1 amide bonds. The van der Waals surface area contributed by atoms with Gasteiger partial charge in [-0.3, -0.25) is 4.79 Å². The lowest BCUT2D eigenvalue weighted by Crippen LogP contribution is -2.42. The molecular weight excluding hydrogens is 228 g/mol. The number of ether oxygens (including phenoxy) is 1. The third-order valence-corrected chi connectivity index (χ3v) is 4.07. The number of carbonyl (C=O) groups is 1. The van der Waals surface area contributed by atoms with Crippen molar-refractivity contribution in [3.63, 3.8) is 0 Å². The molecule has 0 saturated carbocycles. The van der Waals surface area contributed by atoms with Crippen molar-refractivity contribution in [2.24, 2.45) is 5.92 Å². The molecule has 2 fully saturated rings. The number of rotatable bonds is 5. The fourth-order valence-electron chi connectivity index (χ4n) is 2.74. The fraction of sp³-hybridized carbons (Fsp3) is 0.929. The Labute approximate surface area is 110 Å². The van der Waals surface area contributed by atoms with Crippen LogP contribution in [0.5, 0.6) is 0 Å². The Morgan fingerprint density at radius 2 is 2.28 bits per heavy atom. The summed E-state index contributed by atoms with van der Waals surface area (Å²) in [5.74, 6) is 0.789. The molecule has 2 aliphatic rings. The van der Waals surface area contributed by atoms with Gasteiger partial charge >= 0.3 is 0 Å². The summed E-state index contributed by atoms with van der Waals surface area (Å²) >= 11 is 0. The van der Waals surface area contributed by atoms with E-state index in [-0.39, 0.29) is 5.91 Å². The number of carbonyl (C=O) groups excluding carboxylic acids is 1. The second kappa shape index (κ2) is 7.10. The molecule has 3 unspecified atom stereocenters. The molecular formula is C14H26N2O2. The summed E-state index contributed by atoms with van der Waals surface area (Å²) in [5.41, 5.74) is 0. The van der Waals surface area contributed by atoms with E-state index in [2.05, 4.69) is 17.6 Å². The second-order valence-electron chi connectivity index (χ2n) is 5.73. The van der Waals surface area contributed by atoms with Crippen LogP contribution in [0.25, 0.3) is 0 Å². The van der Waals surface area contributed by atoms with Crippen molar-refractivity contribution in [1.29, 1.82) is 0 Å². The maximum atomic E-state index is 11.7. The largest absolute Gasteiger partial charge is 0.378 e. The highest BCUT2D eigenvalue weighted by Crippen LogP contribution is 2.17. The minimum atomic E-state index is 0.184. The molecule has 0 bridgehead atoms. The highest BCUT2D eigenvalue weighted by molar-refractivity contribution is 5.75. The molecule has 0 aliphatic carbocycles. The zero-order valence-corrected chi connectivity index (χ0v) is 11.4. The van der Waals surface area contributed by atoms with E-state index < -0.39 is 0 Å². The third-order valence-electron chi connectivity index (χ3n) is 4.07. The van der Waals surface area contributed by atoms with Gasteiger partial charge in [0.1, 0.15) is 0 Å². The van der Waals surface area contributed by atoms with Gasteiger partial charge in [-0.25, -0.2) is 0 Å². The minimum absolute atomic E-state index is 0.184. The first-order valence-electron chi connectivity index (χ1n) is 7.35. The first kappa shape index (κ1) is 13.8. The van der Waals surface area contributed by atoms with Crippen molar-refractivity contribution in [1.82, 2.24) is 10.6 Å². The van der Waals surface area contributed by atoms with Crippen molar-refractivity contribution in [2.75, 3.05) is 19.7 Å². The lowest BCUT2D eigenvalue weighted by Gasteiger charge is -2.27. The molecule has 0 aromatic heterocycles. The fourth-order valence-corrected chi connectivity index (χ4v) is 2.74. The van der Waals surface area contributed by atoms with Crippen LogP contribution >= 0.6 is 0 Å². The smallest absolute Gasteiger partial charge is 0.220 e. The van der Waals surface area contributed by atoms with E-state index >= 15 is 0 Å². The van der Waals surface area contributed by atoms with Gasteiger partial charge in [-0.2, -0.15) is 0 Å². The number of amides is 1. The quantitative estimate of drug-likeness (QED) is 0.781. The van der Waals surface area contributed by atoms with E-state index in [0.717, 1.165) is 39.0 Å². The molecule has 4 nitrogen and oxygen atoms in total. The lowest BCUT2D eigenvalue weighted by atomic mass is 9.95. The van der Waals surface area contributed by atoms with Crippen LogP contribution in [-0.2, 0) is 9.53 Å². The van der Waals surface area contributed by atoms with Gasteiger partial charge < -0.3 is 15.4 Å². The summed E-state index contributed by atoms with van der Waals surface area (Å²) in [4.78, 5) is 11.7. The maximum Gasteiger partial charge on any atom is 0.220 e. The van der Waals surface area contributed by atoms with Crippen molar-refractivity contribution in [2.45, 2.75) is 57.6 Å². The number of hydrogen-bond acceptors (Lipinski definition) is 3. The van der Waals surface area contributed by atoms with Crippen LogP contribution in [0.3, 0.4) is 0 Å². The van der Waals surface area contributed by atoms with Gasteiger partial charge in [0.25, 0.3) is 0 Å². The average Bonchev–Trinajstić information content (AvgIpc) is 2.89. The van der Waals surface area contributed by atoms with Crippen LogP contribution in [0.2, 0.25) is 0 Å². The van der Waals surface area contributed by atoms with Crippen LogP contribution in [0.1, 0.15) is 45.4 Å². The Bertz CT molecular complexity index is 257. The summed E-state index contributed by atoms with van der Waals surface area (Å²) < 4.78 is 5.52. The summed E-state index contributed by atoms with van der Waals surface area (Å²) in [6.07, 6.45) is 6.53. The van der Waals surface area contributed by atoms with Crippen LogP contribution in [0.4, 0.5) is 0 Å². The molecule has 3 atom stereocenters. The summed E-state index contributed by atoms with van der Waals surface area (Å²) in [6, 6.07) is 0.636. The highest BCUT2D eigenvalue weighted by Gasteiger charge is 2.19. The second-order valence-corrected chi connectivity index (χ2v) is 5.73. The SMILES string of the molecule is CC1CCC(CNC(=O)CCC2CCCO2)CN1. The Morgan fingerprint density at radius 3 is 2.94 bits per heavy atom. The molecule has 2 saturated heterocycles. The average molecular weight is 254 g/mol. The molecule has 2 rings (SSSR count). The number of nitrogens with one attached hydrogen (secondary N) is 2. The van der Waals surface area contributed by atoms with Gasteiger partial charge in [0.15, 0.2) is 0 Å². The Balaban J connectivity index is 1.54.